The summed E-state index contributed by atoms with van der Waals surface area (Å²) in [4.78, 5) is 5.19. The van der Waals surface area contributed by atoms with Gasteiger partial charge in [-0.25, -0.2) is 0 Å². The first-order valence-corrected chi connectivity index (χ1v) is 24.4. The molecule has 0 aliphatic heterocycles. The summed E-state index contributed by atoms with van der Waals surface area (Å²) in [7, 11) is 0. The minimum atomic E-state index is -0.156. The third-order valence-corrected chi connectivity index (χ3v) is 16.2. The Balaban J connectivity index is 1.00. The number of benzene rings is 9. The molecule has 1 fully saturated rings. The zero-order valence-electron chi connectivity index (χ0n) is 38.4. The Labute approximate surface area is 395 Å². The van der Waals surface area contributed by atoms with Crippen molar-refractivity contribution < 1.29 is 0 Å². The normalized spacial score (nSPS) is 19.1. The first kappa shape index (κ1) is 39.9. The van der Waals surface area contributed by atoms with Gasteiger partial charge >= 0.3 is 0 Å². The minimum Gasteiger partial charge on any atom is -0.310 e. The Morgan fingerprint density at radius 1 is 0.373 bits per heavy atom. The zero-order valence-corrected chi connectivity index (χ0v) is 38.4. The summed E-state index contributed by atoms with van der Waals surface area (Å²) < 4.78 is 0. The predicted molar refractivity (Wildman–Crippen MR) is 280 cm³/mol. The lowest BCUT2D eigenvalue weighted by Crippen LogP contribution is -2.42. The second-order valence-corrected chi connectivity index (χ2v) is 19.9. The van der Waals surface area contributed by atoms with Gasteiger partial charge in [0.25, 0.3) is 0 Å². The first-order chi connectivity index (χ1) is 33.0. The van der Waals surface area contributed by atoms with Gasteiger partial charge in [0.15, 0.2) is 0 Å². The van der Waals surface area contributed by atoms with Crippen LogP contribution in [0.15, 0.2) is 218 Å². The lowest BCUT2D eigenvalue weighted by atomic mass is 9.58. The van der Waals surface area contributed by atoms with Crippen molar-refractivity contribution in [3.05, 3.63) is 252 Å². The number of hydrogen-bond acceptors (Lipinski definition) is 2. The van der Waals surface area contributed by atoms with E-state index in [0.29, 0.717) is 11.8 Å². The Hall–Kier alpha value is -7.42. The molecular weight excluding hydrogens is 809 g/mol. The van der Waals surface area contributed by atoms with Crippen LogP contribution >= 0.6 is 0 Å². The molecule has 4 aliphatic rings. The Morgan fingerprint density at radius 3 is 1.40 bits per heavy atom. The van der Waals surface area contributed by atoms with E-state index in [1.54, 1.807) is 5.56 Å². The fourth-order valence-corrected chi connectivity index (χ4v) is 13.5. The molecule has 0 bridgehead atoms. The molecule has 324 valence electrons. The fourth-order valence-electron chi connectivity index (χ4n) is 13.5. The van der Waals surface area contributed by atoms with E-state index in [1.165, 1.54) is 115 Å². The van der Waals surface area contributed by atoms with Crippen molar-refractivity contribution in [3.63, 3.8) is 0 Å². The van der Waals surface area contributed by atoms with Crippen molar-refractivity contribution in [1.29, 1.82) is 0 Å². The molecule has 0 N–H and O–H groups in total. The lowest BCUT2D eigenvalue weighted by Gasteiger charge is -2.46. The van der Waals surface area contributed by atoms with Gasteiger partial charge in [-0.05, 0) is 165 Å². The second kappa shape index (κ2) is 15.6. The van der Waals surface area contributed by atoms with Crippen LogP contribution in [-0.4, -0.2) is 0 Å². The van der Waals surface area contributed by atoms with Crippen LogP contribution in [0.5, 0.6) is 0 Å². The maximum absolute atomic E-state index is 2.61. The molecule has 0 radical (unpaired) electrons. The average molecular weight is 863 g/mol. The van der Waals surface area contributed by atoms with Crippen molar-refractivity contribution in [2.45, 2.75) is 56.8 Å². The molecular formula is C65H54N2. The third kappa shape index (κ3) is 6.08. The molecule has 67 heavy (non-hydrogen) atoms. The predicted octanol–water partition coefficient (Wildman–Crippen LogP) is 17.1. The largest absolute Gasteiger partial charge is 0.310 e. The monoisotopic (exact) mass is 862 g/mol. The van der Waals surface area contributed by atoms with Gasteiger partial charge in [0.05, 0.1) is 11.4 Å². The van der Waals surface area contributed by atoms with Gasteiger partial charge in [0.1, 0.15) is 0 Å². The van der Waals surface area contributed by atoms with Crippen LogP contribution in [0.25, 0.3) is 33.4 Å². The molecule has 3 atom stereocenters. The molecule has 1 saturated carbocycles. The quantitative estimate of drug-likeness (QED) is 0.150. The second-order valence-electron chi connectivity index (χ2n) is 19.9. The van der Waals surface area contributed by atoms with Crippen molar-refractivity contribution in [2.75, 3.05) is 9.80 Å². The number of nitrogens with zero attached hydrogens (tertiary/aromatic N) is 2. The van der Waals surface area contributed by atoms with Crippen LogP contribution in [0.4, 0.5) is 34.1 Å². The molecule has 3 unspecified atom stereocenters. The molecule has 2 heteroatoms. The van der Waals surface area contributed by atoms with Crippen LogP contribution in [0.3, 0.4) is 0 Å². The van der Waals surface area contributed by atoms with Gasteiger partial charge in [-0.15, -0.1) is 0 Å². The van der Waals surface area contributed by atoms with Gasteiger partial charge in [-0.3, -0.25) is 0 Å². The topological polar surface area (TPSA) is 6.48 Å². The third-order valence-electron chi connectivity index (χ3n) is 16.2. The van der Waals surface area contributed by atoms with Crippen LogP contribution in [0.2, 0.25) is 0 Å². The molecule has 9 aromatic rings. The number of para-hydroxylation sites is 2. The van der Waals surface area contributed by atoms with Gasteiger partial charge in [-0.2, -0.15) is 0 Å². The summed E-state index contributed by atoms with van der Waals surface area (Å²) in [5.74, 6) is 1.01. The fraction of sp³-hybridized carbons (Fsp3) is 0.169. The number of anilines is 6. The average Bonchev–Trinajstić information content (AvgIpc) is 4.00. The summed E-state index contributed by atoms with van der Waals surface area (Å²) in [5, 5.41) is 0. The molecule has 0 heterocycles. The van der Waals surface area contributed by atoms with Crippen LogP contribution in [0.1, 0.15) is 66.5 Å². The van der Waals surface area contributed by atoms with Crippen LogP contribution in [-0.2, 0) is 23.7 Å². The number of rotatable bonds is 8. The molecule has 1 spiro atoms. The summed E-state index contributed by atoms with van der Waals surface area (Å²) in [6.07, 6.45) is 5.94. The smallest absolute Gasteiger partial charge is 0.0505 e. The maximum atomic E-state index is 2.61. The standard InChI is InChI=1S/C65H54N2/c1-64(2)58-32-15-14-31-56(58)57-40-39-53(43-59(57)64)67(51-27-10-5-11-28-51)61-34-17-22-47-42-49-24-18-23-48-41-46-21-16-33-60(62(46)65(48,49)63(47)61)66(50-25-8-4-9-26-50)52-37-35-45(36-38-52)55-30-13-12-29-54(55)44-19-6-3-7-20-44/h3-17,19-22,25-40,43,48-49H,18,23-24,41-42H2,1-2H3. The van der Waals surface area contributed by atoms with Crippen molar-refractivity contribution in [2.24, 2.45) is 11.8 Å². The zero-order chi connectivity index (χ0) is 44.7. The molecule has 0 saturated heterocycles. The highest BCUT2D eigenvalue weighted by atomic mass is 15.2. The summed E-state index contributed by atoms with van der Waals surface area (Å²) >= 11 is 0. The van der Waals surface area contributed by atoms with E-state index in [-0.39, 0.29) is 10.8 Å². The van der Waals surface area contributed by atoms with Crippen molar-refractivity contribution in [1.82, 2.24) is 0 Å². The van der Waals surface area contributed by atoms with Crippen molar-refractivity contribution >= 4 is 34.1 Å². The highest BCUT2D eigenvalue weighted by molar-refractivity contribution is 5.90. The summed E-state index contributed by atoms with van der Waals surface area (Å²) in [6.45, 7) is 4.80. The number of fused-ring (bicyclic) bond motifs is 5. The summed E-state index contributed by atoms with van der Waals surface area (Å²) in [5.41, 5.74) is 23.7. The highest BCUT2D eigenvalue weighted by Gasteiger charge is 2.60. The molecule has 0 aromatic heterocycles. The van der Waals surface area contributed by atoms with Crippen molar-refractivity contribution in [3.8, 4) is 33.4 Å². The van der Waals surface area contributed by atoms with Gasteiger partial charge in [0.2, 0.25) is 0 Å². The first-order valence-electron chi connectivity index (χ1n) is 24.4. The van der Waals surface area contributed by atoms with E-state index in [1.807, 2.05) is 0 Å². The van der Waals surface area contributed by atoms with E-state index in [2.05, 4.69) is 242 Å². The molecule has 2 nitrogen and oxygen atoms in total. The van der Waals surface area contributed by atoms with Crippen LogP contribution < -0.4 is 9.80 Å². The van der Waals surface area contributed by atoms with E-state index < -0.39 is 0 Å². The molecule has 0 amide bonds. The maximum Gasteiger partial charge on any atom is 0.0505 e. The molecule has 4 aliphatic carbocycles. The van der Waals surface area contributed by atoms with Gasteiger partial charge in [-0.1, -0.05) is 178 Å². The molecule has 13 rings (SSSR count). The lowest BCUT2D eigenvalue weighted by molar-refractivity contribution is 0.177. The Kier molecular flexibility index (Phi) is 9.29. The van der Waals surface area contributed by atoms with E-state index in [9.17, 15) is 0 Å². The SMILES string of the molecule is CC1(C)c2ccccc2-c2ccc(N(c3ccccc3)c3cccc4c3C35c6c(cccc6N(c6ccccc6)c6ccc(-c7ccccc7-c7ccccc7)cc6)CC3CCCC5C4)cc21. The number of hydrogen-bond donors (Lipinski definition) is 0. The minimum absolute atomic E-state index is 0.106. The summed E-state index contributed by atoms with van der Waals surface area (Å²) in [6, 6.07) is 82.0. The Bertz CT molecular complexity index is 3310. The molecule has 9 aromatic carbocycles. The Morgan fingerprint density at radius 2 is 0.821 bits per heavy atom. The van der Waals surface area contributed by atoms with Gasteiger partial charge < -0.3 is 9.80 Å². The van der Waals surface area contributed by atoms with Gasteiger partial charge in [0, 0.05) is 33.6 Å². The van der Waals surface area contributed by atoms with E-state index >= 15 is 0 Å². The van der Waals surface area contributed by atoms with E-state index in [0.717, 1.165) is 12.8 Å². The highest BCUT2D eigenvalue weighted by Crippen LogP contribution is 2.67. The van der Waals surface area contributed by atoms with Crippen LogP contribution in [0, 0.1) is 11.8 Å². The van der Waals surface area contributed by atoms with E-state index in [4.69, 9.17) is 0 Å².